The number of hydrogen-bond acceptors (Lipinski definition) is 3. The van der Waals surface area contributed by atoms with Crippen LogP contribution in [0.3, 0.4) is 0 Å². The van der Waals surface area contributed by atoms with Gasteiger partial charge in [0, 0.05) is 24.2 Å². The van der Waals surface area contributed by atoms with Crippen LogP contribution in [0, 0.1) is 17.0 Å². The van der Waals surface area contributed by atoms with E-state index in [-0.39, 0.29) is 11.0 Å². The van der Waals surface area contributed by atoms with Crippen LogP contribution in [0.2, 0.25) is 0 Å². The smallest absolute Gasteiger partial charge is 0.236 e. The molecule has 1 aromatic carbocycles. The quantitative estimate of drug-likeness (QED) is 0.614. The summed E-state index contributed by atoms with van der Waals surface area (Å²) >= 11 is 0. The van der Waals surface area contributed by atoms with Crippen molar-refractivity contribution >= 4 is 0 Å². The Kier molecular flexibility index (Phi) is 3.41. The lowest BCUT2D eigenvalue weighted by atomic mass is 9.96. The number of aromatic nitrogens is 2. The van der Waals surface area contributed by atoms with Crippen LogP contribution in [0.25, 0.3) is 0 Å². The zero-order valence-corrected chi connectivity index (χ0v) is 10.4. The van der Waals surface area contributed by atoms with Crippen molar-refractivity contribution in [2.75, 3.05) is 0 Å². The summed E-state index contributed by atoms with van der Waals surface area (Å²) in [6, 6.07) is 8.36. The van der Waals surface area contributed by atoms with E-state index in [1.165, 1.54) is 0 Å². The molecule has 1 aromatic heterocycles. The minimum Gasteiger partial charge on any atom is -0.264 e. The molecule has 5 heteroatoms. The molecule has 0 N–H and O–H groups in total. The van der Waals surface area contributed by atoms with Crippen LogP contribution in [0.5, 0.6) is 0 Å². The van der Waals surface area contributed by atoms with E-state index < -0.39 is 6.04 Å². The molecule has 0 aliphatic heterocycles. The maximum absolute atomic E-state index is 11.1. The van der Waals surface area contributed by atoms with Crippen LogP contribution in [0.1, 0.15) is 24.1 Å². The van der Waals surface area contributed by atoms with Crippen LogP contribution < -0.4 is 0 Å². The summed E-state index contributed by atoms with van der Waals surface area (Å²) < 4.78 is 1.65. The third-order valence-corrected chi connectivity index (χ3v) is 3.11. The Morgan fingerprint density at radius 3 is 2.61 bits per heavy atom. The molecular formula is C13H15N3O2. The maximum atomic E-state index is 11.1. The lowest BCUT2D eigenvalue weighted by Crippen LogP contribution is -2.30. The minimum atomic E-state index is -0.731. The van der Waals surface area contributed by atoms with Crippen molar-refractivity contribution in [3.05, 3.63) is 64.0 Å². The van der Waals surface area contributed by atoms with E-state index in [9.17, 15) is 10.1 Å². The second-order valence-electron chi connectivity index (χ2n) is 4.31. The van der Waals surface area contributed by atoms with Crippen molar-refractivity contribution in [2.24, 2.45) is 0 Å². The third-order valence-electron chi connectivity index (χ3n) is 3.11. The fraction of sp³-hybridized carbons (Fsp3) is 0.308. The first-order valence-corrected chi connectivity index (χ1v) is 5.79. The summed E-state index contributed by atoms with van der Waals surface area (Å²) in [4.78, 5) is 10.8. The van der Waals surface area contributed by atoms with Gasteiger partial charge in [0.15, 0.2) is 0 Å². The standard InChI is InChI=1S/C13H15N3O2/c1-10-6-3-4-7-12(10)13(11(2)16(17)18)15-9-5-8-14-15/h3-9,11,13H,1-2H3/t11-,13+/m0/s1. The Morgan fingerprint density at radius 2 is 2.06 bits per heavy atom. The van der Waals surface area contributed by atoms with Crippen molar-refractivity contribution in [1.29, 1.82) is 0 Å². The Bertz CT molecular complexity index is 537. The average Bonchev–Trinajstić information content (AvgIpc) is 2.85. The fourth-order valence-corrected chi connectivity index (χ4v) is 2.10. The highest BCUT2D eigenvalue weighted by molar-refractivity contribution is 5.29. The van der Waals surface area contributed by atoms with Crippen LogP contribution in [0.4, 0.5) is 0 Å². The fourth-order valence-electron chi connectivity index (χ4n) is 2.10. The van der Waals surface area contributed by atoms with Gasteiger partial charge in [0.05, 0.1) is 0 Å². The highest BCUT2D eigenvalue weighted by atomic mass is 16.6. The molecule has 0 fully saturated rings. The van der Waals surface area contributed by atoms with Gasteiger partial charge in [-0.1, -0.05) is 24.3 Å². The zero-order chi connectivity index (χ0) is 13.1. The summed E-state index contributed by atoms with van der Waals surface area (Å²) in [6.07, 6.45) is 3.40. The SMILES string of the molecule is Cc1ccccc1[C@@H]([C@H](C)[N+](=O)[O-])n1cccn1. The summed E-state index contributed by atoms with van der Waals surface area (Å²) in [7, 11) is 0. The summed E-state index contributed by atoms with van der Waals surface area (Å²) in [5.74, 6) is 0. The second kappa shape index (κ2) is 5.00. The Balaban J connectivity index is 2.50. The van der Waals surface area contributed by atoms with Gasteiger partial charge in [-0.2, -0.15) is 5.10 Å². The molecule has 0 bridgehead atoms. The molecule has 0 saturated carbocycles. The summed E-state index contributed by atoms with van der Waals surface area (Å²) in [5, 5.41) is 15.2. The monoisotopic (exact) mass is 245 g/mol. The average molecular weight is 245 g/mol. The zero-order valence-electron chi connectivity index (χ0n) is 10.4. The van der Waals surface area contributed by atoms with E-state index in [2.05, 4.69) is 5.10 Å². The topological polar surface area (TPSA) is 61.0 Å². The second-order valence-corrected chi connectivity index (χ2v) is 4.31. The molecule has 94 valence electrons. The van der Waals surface area contributed by atoms with E-state index in [0.29, 0.717) is 0 Å². The highest BCUT2D eigenvalue weighted by Gasteiger charge is 2.31. The molecule has 0 unspecified atom stereocenters. The molecule has 1 heterocycles. The summed E-state index contributed by atoms with van der Waals surface area (Å²) in [5.41, 5.74) is 1.97. The first-order valence-electron chi connectivity index (χ1n) is 5.79. The number of nitro groups is 1. The van der Waals surface area contributed by atoms with E-state index in [1.54, 1.807) is 30.1 Å². The van der Waals surface area contributed by atoms with Gasteiger partial charge in [-0.05, 0) is 24.1 Å². The van der Waals surface area contributed by atoms with Crippen LogP contribution in [-0.2, 0) is 0 Å². The molecule has 2 rings (SSSR count). The van der Waals surface area contributed by atoms with Gasteiger partial charge in [-0.25, -0.2) is 0 Å². The predicted octanol–water partition coefficient (Wildman–Crippen LogP) is 2.45. The Morgan fingerprint density at radius 1 is 1.33 bits per heavy atom. The Labute approximate surface area is 105 Å². The molecule has 5 nitrogen and oxygen atoms in total. The number of hydrogen-bond donors (Lipinski definition) is 0. The van der Waals surface area contributed by atoms with Gasteiger partial charge in [-0.3, -0.25) is 14.8 Å². The van der Waals surface area contributed by atoms with Crippen LogP contribution in [0.15, 0.2) is 42.7 Å². The predicted molar refractivity (Wildman–Crippen MR) is 68.0 cm³/mol. The van der Waals surface area contributed by atoms with Crippen LogP contribution >= 0.6 is 0 Å². The first kappa shape index (κ1) is 12.3. The highest BCUT2D eigenvalue weighted by Crippen LogP contribution is 2.25. The number of benzene rings is 1. The van der Waals surface area contributed by atoms with Crippen molar-refractivity contribution in [3.63, 3.8) is 0 Å². The first-order chi connectivity index (χ1) is 8.61. The molecule has 0 spiro atoms. The molecule has 2 aromatic rings. The van der Waals surface area contributed by atoms with Crippen molar-refractivity contribution in [1.82, 2.24) is 9.78 Å². The molecule has 0 radical (unpaired) electrons. The molecule has 18 heavy (non-hydrogen) atoms. The van der Waals surface area contributed by atoms with Gasteiger partial charge in [0.1, 0.15) is 6.04 Å². The number of aryl methyl sites for hydroxylation is 1. The largest absolute Gasteiger partial charge is 0.264 e. The van der Waals surface area contributed by atoms with Gasteiger partial charge in [-0.15, -0.1) is 0 Å². The normalized spacial score (nSPS) is 14.1. The van der Waals surface area contributed by atoms with Crippen molar-refractivity contribution in [3.8, 4) is 0 Å². The molecule has 0 saturated heterocycles. The van der Waals surface area contributed by atoms with Gasteiger partial charge in [0.25, 0.3) is 0 Å². The van der Waals surface area contributed by atoms with E-state index in [4.69, 9.17) is 0 Å². The van der Waals surface area contributed by atoms with Crippen molar-refractivity contribution in [2.45, 2.75) is 25.9 Å². The van der Waals surface area contributed by atoms with Gasteiger partial charge >= 0.3 is 0 Å². The summed E-state index contributed by atoms with van der Waals surface area (Å²) in [6.45, 7) is 3.57. The molecular weight excluding hydrogens is 230 g/mol. The van der Waals surface area contributed by atoms with E-state index >= 15 is 0 Å². The lowest BCUT2D eigenvalue weighted by molar-refractivity contribution is -0.523. The van der Waals surface area contributed by atoms with Gasteiger partial charge < -0.3 is 0 Å². The van der Waals surface area contributed by atoms with Crippen molar-refractivity contribution < 1.29 is 4.92 Å². The van der Waals surface area contributed by atoms with Crippen LogP contribution in [-0.4, -0.2) is 20.7 Å². The Hall–Kier alpha value is -2.17. The van der Waals surface area contributed by atoms with E-state index in [0.717, 1.165) is 11.1 Å². The molecule has 0 aliphatic carbocycles. The van der Waals surface area contributed by atoms with Gasteiger partial charge in [0.2, 0.25) is 6.04 Å². The molecule has 0 aliphatic rings. The molecule has 2 atom stereocenters. The third kappa shape index (κ3) is 2.25. The maximum Gasteiger partial charge on any atom is 0.236 e. The number of rotatable bonds is 4. The lowest BCUT2D eigenvalue weighted by Gasteiger charge is -2.21. The molecule has 0 amide bonds. The van der Waals surface area contributed by atoms with E-state index in [1.807, 2.05) is 31.2 Å². The number of nitrogens with zero attached hydrogens (tertiary/aromatic N) is 3. The minimum absolute atomic E-state index is 0.265.